The number of aryl methyl sites for hydroxylation is 1. The Morgan fingerprint density at radius 2 is 2.19 bits per heavy atom. The van der Waals surface area contributed by atoms with Crippen molar-refractivity contribution in [2.75, 3.05) is 18.1 Å². The lowest BCUT2D eigenvalue weighted by Gasteiger charge is -2.37. The van der Waals surface area contributed by atoms with Crippen molar-refractivity contribution in [2.24, 2.45) is 11.7 Å². The van der Waals surface area contributed by atoms with E-state index in [-0.39, 0.29) is 23.5 Å². The molecular weight excluding hydrogens is 288 g/mol. The number of rotatable bonds is 5. The Labute approximate surface area is 129 Å². The summed E-state index contributed by atoms with van der Waals surface area (Å²) in [7, 11) is 0. The van der Waals surface area contributed by atoms with Crippen LogP contribution in [-0.2, 0) is 9.59 Å². The lowest BCUT2D eigenvalue weighted by molar-refractivity contribution is -0.133. The van der Waals surface area contributed by atoms with Gasteiger partial charge in [0.1, 0.15) is 11.5 Å². The molecule has 1 aliphatic rings. The van der Waals surface area contributed by atoms with Gasteiger partial charge in [-0.3, -0.25) is 9.59 Å². The number of furan rings is 1. The van der Waals surface area contributed by atoms with E-state index in [0.29, 0.717) is 5.92 Å². The number of piperidine rings is 1. The molecule has 1 aromatic rings. The van der Waals surface area contributed by atoms with Crippen LogP contribution in [-0.4, -0.2) is 34.8 Å². The second-order valence-corrected chi connectivity index (χ2v) is 6.63. The Hall–Kier alpha value is -1.43. The Bertz CT molecular complexity index is 515. The molecule has 1 saturated heterocycles. The zero-order valence-corrected chi connectivity index (χ0v) is 13.3. The van der Waals surface area contributed by atoms with Crippen molar-refractivity contribution in [3.05, 3.63) is 23.7 Å². The van der Waals surface area contributed by atoms with Gasteiger partial charge in [-0.1, -0.05) is 6.92 Å². The first-order valence-corrected chi connectivity index (χ1v) is 8.34. The number of thioether (sulfide) groups is 1. The van der Waals surface area contributed by atoms with E-state index in [1.165, 1.54) is 11.8 Å². The molecule has 2 heterocycles. The summed E-state index contributed by atoms with van der Waals surface area (Å²) in [5, 5.41) is 0. The number of nitrogens with two attached hydrogens (primary N) is 1. The van der Waals surface area contributed by atoms with Crippen LogP contribution in [0.1, 0.15) is 37.3 Å². The minimum Gasteiger partial charge on any atom is -0.464 e. The van der Waals surface area contributed by atoms with Crippen LogP contribution >= 0.6 is 11.8 Å². The zero-order valence-electron chi connectivity index (χ0n) is 12.5. The topological polar surface area (TPSA) is 76.5 Å². The first-order valence-electron chi connectivity index (χ1n) is 7.19. The predicted octanol–water partition coefficient (Wildman–Crippen LogP) is 2.11. The van der Waals surface area contributed by atoms with E-state index >= 15 is 0 Å². The highest BCUT2D eigenvalue weighted by molar-refractivity contribution is 8.00. The van der Waals surface area contributed by atoms with Crippen LogP contribution in [0.5, 0.6) is 0 Å². The van der Waals surface area contributed by atoms with Gasteiger partial charge >= 0.3 is 0 Å². The summed E-state index contributed by atoms with van der Waals surface area (Å²) in [6.45, 7) is 4.85. The molecule has 1 aliphatic heterocycles. The second-order valence-electron chi connectivity index (χ2n) is 5.64. The molecule has 1 aromatic heterocycles. The molecule has 2 atom stereocenters. The highest BCUT2D eigenvalue weighted by Gasteiger charge is 2.32. The number of nitrogens with zero attached hydrogens (tertiary/aromatic N) is 1. The molecule has 0 aliphatic carbocycles. The number of hydrogen-bond acceptors (Lipinski definition) is 4. The van der Waals surface area contributed by atoms with Crippen molar-refractivity contribution >= 4 is 23.6 Å². The molecule has 21 heavy (non-hydrogen) atoms. The van der Waals surface area contributed by atoms with Crippen LogP contribution < -0.4 is 5.73 Å². The van der Waals surface area contributed by atoms with E-state index in [1.807, 2.05) is 24.0 Å². The number of amides is 2. The van der Waals surface area contributed by atoms with Crippen LogP contribution in [0.25, 0.3) is 0 Å². The van der Waals surface area contributed by atoms with Crippen LogP contribution in [0.15, 0.2) is 16.5 Å². The first kappa shape index (κ1) is 15.9. The largest absolute Gasteiger partial charge is 0.464 e. The molecule has 2 amide bonds. The van der Waals surface area contributed by atoms with Crippen LogP contribution in [0, 0.1) is 12.8 Å². The lowest BCUT2D eigenvalue weighted by atomic mass is 9.91. The highest BCUT2D eigenvalue weighted by Crippen LogP contribution is 2.35. The van der Waals surface area contributed by atoms with E-state index in [0.717, 1.165) is 30.9 Å². The van der Waals surface area contributed by atoms with E-state index in [4.69, 9.17) is 10.2 Å². The van der Waals surface area contributed by atoms with E-state index < -0.39 is 5.91 Å². The maximum Gasteiger partial charge on any atom is 0.233 e. The molecule has 5 nitrogen and oxygen atoms in total. The third kappa shape index (κ3) is 4.27. The quantitative estimate of drug-likeness (QED) is 0.903. The maximum absolute atomic E-state index is 12.4. The van der Waals surface area contributed by atoms with Crippen molar-refractivity contribution in [1.29, 1.82) is 0 Å². The molecule has 1 fully saturated rings. The fourth-order valence-corrected chi connectivity index (χ4v) is 3.31. The number of carbonyl (C=O) groups is 2. The summed E-state index contributed by atoms with van der Waals surface area (Å²) in [6, 6.07) is 3.89. The highest BCUT2D eigenvalue weighted by atomic mass is 32.2. The first-order chi connectivity index (χ1) is 9.97. The maximum atomic E-state index is 12.4. The van der Waals surface area contributed by atoms with Gasteiger partial charge in [0.15, 0.2) is 0 Å². The monoisotopic (exact) mass is 310 g/mol. The summed E-state index contributed by atoms with van der Waals surface area (Å²) in [6.07, 6.45) is 1.92. The number of primary amides is 1. The zero-order chi connectivity index (χ0) is 15.4. The molecule has 2 N–H and O–H groups in total. The van der Waals surface area contributed by atoms with E-state index in [1.54, 1.807) is 0 Å². The molecule has 0 spiro atoms. The fraction of sp³-hybridized carbons (Fsp3) is 0.600. The standard InChI is InChI=1S/C15H22N2O3S/c1-10-5-6-17(15(19)9-21-8-14(16)18)12(7-10)13-4-3-11(2)20-13/h3-4,10,12H,5-9H2,1-2H3,(H2,16,18)/t10-,12-/m0/s1. The summed E-state index contributed by atoms with van der Waals surface area (Å²) < 4.78 is 5.72. The molecule has 0 radical (unpaired) electrons. The van der Waals surface area contributed by atoms with Crippen molar-refractivity contribution in [3.63, 3.8) is 0 Å². The molecule has 116 valence electrons. The molecular formula is C15H22N2O3S. The summed E-state index contributed by atoms with van der Waals surface area (Å²) in [4.78, 5) is 25.0. The Kier molecular flexibility index (Phi) is 5.33. The van der Waals surface area contributed by atoms with Gasteiger partial charge in [-0.15, -0.1) is 11.8 Å². The molecule has 0 unspecified atom stereocenters. The Balaban J connectivity index is 2.04. The third-order valence-electron chi connectivity index (χ3n) is 3.74. The second kappa shape index (κ2) is 7.02. The lowest BCUT2D eigenvalue weighted by Crippen LogP contribution is -2.41. The van der Waals surface area contributed by atoms with Gasteiger partial charge in [0.2, 0.25) is 11.8 Å². The number of hydrogen-bond donors (Lipinski definition) is 1. The fourth-order valence-electron chi connectivity index (χ4n) is 2.66. The van der Waals surface area contributed by atoms with Crippen molar-refractivity contribution < 1.29 is 14.0 Å². The molecule has 0 aromatic carbocycles. The molecule has 2 rings (SSSR count). The summed E-state index contributed by atoms with van der Waals surface area (Å²) in [5.41, 5.74) is 5.10. The third-order valence-corrected chi connectivity index (χ3v) is 4.68. The summed E-state index contributed by atoms with van der Waals surface area (Å²) in [5.74, 6) is 2.41. The number of likely N-dealkylation sites (tertiary alicyclic amines) is 1. The van der Waals surface area contributed by atoms with Crippen molar-refractivity contribution in [3.8, 4) is 0 Å². The van der Waals surface area contributed by atoms with Crippen LogP contribution in [0.4, 0.5) is 0 Å². The Morgan fingerprint density at radius 3 is 2.81 bits per heavy atom. The van der Waals surface area contributed by atoms with Gasteiger partial charge in [-0.05, 0) is 37.8 Å². The van der Waals surface area contributed by atoms with E-state index in [2.05, 4.69) is 6.92 Å². The normalized spacial score (nSPS) is 22.3. The Morgan fingerprint density at radius 1 is 1.43 bits per heavy atom. The SMILES string of the molecule is Cc1ccc([C@@H]2C[C@@H](C)CCN2C(=O)CSCC(N)=O)o1. The molecule has 0 bridgehead atoms. The van der Waals surface area contributed by atoms with E-state index in [9.17, 15) is 9.59 Å². The van der Waals surface area contributed by atoms with Gasteiger partial charge in [0.05, 0.1) is 17.5 Å². The van der Waals surface area contributed by atoms with Crippen LogP contribution in [0.3, 0.4) is 0 Å². The summed E-state index contributed by atoms with van der Waals surface area (Å²) >= 11 is 1.27. The van der Waals surface area contributed by atoms with Crippen molar-refractivity contribution in [2.45, 2.75) is 32.7 Å². The van der Waals surface area contributed by atoms with Crippen molar-refractivity contribution in [1.82, 2.24) is 4.90 Å². The average Bonchev–Trinajstić information content (AvgIpc) is 2.84. The van der Waals surface area contributed by atoms with Gasteiger partial charge < -0.3 is 15.1 Å². The molecule has 6 heteroatoms. The van der Waals surface area contributed by atoms with Gasteiger partial charge in [0, 0.05) is 6.54 Å². The van der Waals surface area contributed by atoms with Gasteiger partial charge in [-0.25, -0.2) is 0 Å². The van der Waals surface area contributed by atoms with Gasteiger partial charge in [0.25, 0.3) is 0 Å². The minimum atomic E-state index is -0.390. The van der Waals surface area contributed by atoms with Crippen LogP contribution in [0.2, 0.25) is 0 Å². The number of carbonyl (C=O) groups excluding carboxylic acids is 2. The minimum absolute atomic E-state index is 0.00382. The van der Waals surface area contributed by atoms with Gasteiger partial charge in [-0.2, -0.15) is 0 Å². The smallest absolute Gasteiger partial charge is 0.233 e. The average molecular weight is 310 g/mol. The molecule has 0 saturated carbocycles. The predicted molar refractivity (Wildman–Crippen MR) is 82.8 cm³/mol.